The monoisotopic (exact) mass is 330 g/mol. The maximum atomic E-state index is 12.1. The van der Waals surface area contributed by atoms with E-state index in [-0.39, 0.29) is 12.1 Å². The second-order valence-electron chi connectivity index (χ2n) is 3.65. The number of esters is 1. The molecule has 18 heavy (non-hydrogen) atoms. The predicted octanol–water partition coefficient (Wildman–Crippen LogP) is 2.09. The first kappa shape index (κ1) is 13.2. The highest BCUT2D eigenvalue weighted by Gasteiger charge is 2.13. The normalized spacial score (nSPS) is 10.8. The third-order valence-corrected chi connectivity index (χ3v) is 4.00. The van der Waals surface area contributed by atoms with E-state index in [2.05, 4.69) is 21.0 Å². The summed E-state index contributed by atoms with van der Waals surface area (Å²) in [5, 5.41) is 4.94. The molecule has 0 aromatic carbocycles. The van der Waals surface area contributed by atoms with E-state index in [4.69, 9.17) is 4.74 Å². The average Bonchev–Trinajstić information content (AvgIpc) is 2.69. The number of nitrogens with zero attached hydrogens (tertiary/aromatic N) is 2. The van der Waals surface area contributed by atoms with Crippen molar-refractivity contribution in [2.45, 2.75) is 20.4 Å². The summed E-state index contributed by atoms with van der Waals surface area (Å²) in [7, 11) is 0. The summed E-state index contributed by atoms with van der Waals surface area (Å²) in [6, 6.07) is 1.86. The Morgan fingerprint density at radius 1 is 1.61 bits per heavy atom. The highest BCUT2D eigenvalue weighted by Crippen LogP contribution is 2.28. The molecule has 7 heteroatoms. The van der Waals surface area contributed by atoms with Crippen molar-refractivity contribution in [2.24, 2.45) is 0 Å². The van der Waals surface area contributed by atoms with E-state index in [0.717, 1.165) is 19.5 Å². The van der Waals surface area contributed by atoms with Gasteiger partial charge in [0.15, 0.2) is 0 Å². The van der Waals surface area contributed by atoms with Crippen LogP contribution in [-0.2, 0) is 16.1 Å². The van der Waals surface area contributed by atoms with Gasteiger partial charge >= 0.3 is 5.97 Å². The second kappa shape index (κ2) is 5.19. The average molecular weight is 331 g/mol. The van der Waals surface area contributed by atoms with E-state index in [1.807, 2.05) is 13.0 Å². The lowest BCUT2D eigenvalue weighted by Crippen LogP contribution is -2.27. The van der Waals surface area contributed by atoms with Crippen molar-refractivity contribution in [1.82, 2.24) is 9.78 Å². The van der Waals surface area contributed by atoms with Gasteiger partial charge in [-0.05, 0) is 35.8 Å². The van der Waals surface area contributed by atoms with Crippen LogP contribution in [0.3, 0.4) is 0 Å². The molecular weight excluding hydrogens is 320 g/mol. The molecule has 0 radical (unpaired) electrons. The summed E-state index contributed by atoms with van der Waals surface area (Å²) in [6.07, 6.45) is 0. The van der Waals surface area contributed by atoms with Gasteiger partial charge in [0.05, 0.1) is 16.1 Å². The first-order valence-electron chi connectivity index (χ1n) is 5.35. The van der Waals surface area contributed by atoms with Crippen molar-refractivity contribution in [3.05, 3.63) is 25.9 Å². The fourth-order valence-corrected chi connectivity index (χ4v) is 3.22. The maximum absolute atomic E-state index is 12.1. The number of carbonyl (C=O) groups is 1. The number of aryl methyl sites for hydroxylation is 1. The molecule has 2 heterocycles. The lowest BCUT2D eigenvalue weighted by Gasteiger charge is -2.05. The van der Waals surface area contributed by atoms with Gasteiger partial charge in [-0.1, -0.05) is 0 Å². The fraction of sp³-hybridized carbons (Fsp3) is 0.364. The molecule has 0 aliphatic rings. The molecule has 0 saturated carbocycles. The van der Waals surface area contributed by atoms with Crippen molar-refractivity contribution in [3.8, 4) is 0 Å². The Morgan fingerprint density at radius 2 is 2.33 bits per heavy atom. The van der Waals surface area contributed by atoms with E-state index >= 15 is 0 Å². The topological polar surface area (TPSA) is 61.2 Å². The van der Waals surface area contributed by atoms with Crippen LogP contribution in [0.5, 0.6) is 0 Å². The molecule has 0 fully saturated rings. The molecule has 0 aliphatic heterocycles. The molecule has 0 unspecified atom stereocenters. The van der Waals surface area contributed by atoms with Crippen LogP contribution in [0.2, 0.25) is 0 Å². The molecule has 0 atom stereocenters. The summed E-state index contributed by atoms with van der Waals surface area (Å²) in [5.41, 5.74) is 0.454. The number of halogens is 1. The van der Waals surface area contributed by atoms with E-state index in [1.165, 1.54) is 11.3 Å². The zero-order chi connectivity index (χ0) is 13.3. The van der Waals surface area contributed by atoms with Gasteiger partial charge in [-0.25, -0.2) is 4.68 Å². The number of carbonyl (C=O) groups excluding carboxylic acids is 1. The van der Waals surface area contributed by atoms with E-state index in [0.29, 0.717) is 11.3 Å². The third-order valence-electron chi connectivity index (χ3n) is 2.38. The number of hydrogen-bond acceptors (Lipinski definition) is 5. The van der Waals surface area contributed by atoms with Gasteiger partial charge < -0.3 is 4.74 Å². The number of aromatic nitrogens is 2. The Kier molecular flexibility index (Phi) is 3.82. The lowest BCUT2D eigenvalue weighted by molar-refractivity contribution is -0.144. The van der Waals surface area contributed by atoms with Crippen LogP contribution in [0, 0.1) is 6.92 Å². The van der Waals surface area contributed by atoms with Crippen LogP contribution in [-0.4, -0.2) is 22.4 Å². The zero-order valence-electron chi connectivity index (χ0n) is 9.90. The number of hydrogen-bond donors (Lipinski definition) is 0. The van der Waals surface area contributed by atoms with Crippen molar-refractivity contribution >= 4 is 43.3 Å². The molecular formula is C11H11BrN2O3S. The number of fused-ring (bicyclic) bond motifs is 1. The smallest absolute Gasteiger partial charge is 0.327 e. The molecule has 0 amide bonds. The van der Waals surface area contributed by atoms with Gasteiger partial charge in [0, 0.05) is 5.39 Å². The minimum Gasteiger partial charge on any atom is -0.465 e. The Morgan fingerprint density at radius 3 is 3.00 bits per heavy atom. The molecule has 0 saturated heterocycles. The summed E-state index contributed by atoms with van der Waals surface area (Å²) < 4.78 is 7.43. The zero-order valence-corrected chi connectivity index (χ0v) is 12.3. The first-order chi connectivity index (χ1) is 8.52. The SMILES string of the molecule is CCOC(=O)Cn1nc(C)c2cc(Br)sc2c1=O. The lowest BCUT2D eigenvalue weighted by atomic mass is 10.3. The molecule has 2 aromatic heterocycles. The van der Waals surface area contributed by atoms with Crippen molar-refractivity contribution in [1.29, 1.82) is 0 Å². The van der Waals surface area contributed by atoms with Crippen LogP contribution < -0.4 is 5.56 Å². The Bertz CT molecular complexity index is 662. The summed E-state index contributed by atoms with van der Waals surface area (Å²) in [6.45, 7) is 3.67. The molecule has 0 bridgehead atoms. The van der Waals surface area contributed by atoms with Gasteiger partial charge in [-0.15, -0.1) is 11.3 Å². The highest BCUT2D eigenvalue weighted by molar-refractivity contribution is 9.11. The summed E-state index contributed by atoms with van der Waals surface area (Å²) >= 11 is 4.68. The number of rotatable bonds is 3. The number of ether oxygens (including phenoxy) is 1. The molecule has 0 spiro atoms. The second-order valence-corrected chi connectivity index (χ2v) is 6.08. The van der Waals surface area contributed by atoms with Gasteiger partial charge in [0.1, 0.15) is 11.2 Å². The van der Waals surface area contributed by atoms with Crippen molar-refractivity contribution in [3.63, 3.8) is 0 Å². The molecule has 0 N–H and O–H groups in total. The minimum absolute atomic E-state index is 0.154. The van der Waals surface area contributed by atoms with Gasteiger partial charge in [0.2, 0.25) is 0 Å². The largest absolute Gasteiger partial charge is 0.465 e. The van der Waals surface area contributed by atoms with Gasteiger partial charge in [-0.2, -0.15) is 5.10 Å². The maximum Gasteiger partial charge on any atom is 0.327 e. The van der Waals surface area contributed by atoms with Crippen LogP contribution in [0.15, 0.2) is 14.6 Å². The van der Waals surface area contributed by atoms with Crippen LogP contribution in [0.1, 0.15) is 12.6 Å². The Labute approximate surface area is 115 Å². The summed E-state index contributed by atoms with van der Waals surface area (Å²) in [4.78, 5) is 23.5. The highest BCUT2D eigenvalue weighted by atomic mass is 79.9. The van der Waals surface area contributed by atoms with Gasteiger partial charge in [0.25, 0.3) is 5.56 Å². The fourth-order valence-electron chi connectivity index (χ4n) is 1.62. The van der Waals surface area contributed by atoms with E-state index in [1.54, 1.807) is 6.92 Å². The van der Waals surface area contributed by atoms with Gasteiger partial charge in [-0.3, -0.25) is 9.59 Å². The third kappa shape index (κ3) is 2.46. The Balaban J connectivity index is 2.49. The van der Waals surface area contributed by atoms with E-state index < -0.39 is 5.97 Å². The molecule has 2 rings (SSSR count). The van der Waals surface area contributed by atoms with Crippen LogP contribution in [0.4, 0.5) is 0 Å². The van der Waals surface area contributed by atoms with Crippen molar-refractivity contribution < 1.29 is 9.53 Å². The van der Waals surface area contributed by atoms with E-state index in [9.17, 15) is 9.59 Å². The Hall–Kier alpha value is -1.21. The predicted molar refractivity (Wildman–Crippen MR) is 73.0 cm³/mol. The van der Waals surface area contributed by atoms with Crippen LogP contribution >= 0.6 is 27.3 Å². The van der Waals surface area contributed by atoms with Crippen LogP contribution in [0.25, 0.3) is 10.1 Å². The standard InChI is InChI=1S/C11H11BrN2O3S/c1-3-17-9(15)5-14-11(16)10-7(6(2)13-14)4-8(12)18-10/h4H,3,5H2,1-2H3. The summed E-state index contributed by atoms with van der Waals surface area (Å²) in [5.74, 6) is -0.457. The molecule has 0 aliphatic carbocycles. The quantitative estimate of drug-likeness (QED) is 0.808. The molecule has 5 nitrogen and oxygen atoms in total. The molecule has 96 valence electrons. The van der Waals surface area contributed by atoms with Crippen molar-refractivity contribution in [2.75, 3.05) is 6.61 Å². The number of thiophene rings is 1. The molecule has 2 aromatic rings. The first-order valence-corrected chi connectivity index (χ1v) is 6.96. The minimum atomic E-state index is -0.457.